The highest BCUT2D eigenvalue weighted by Gasteiger charge is 2.18. The van der Waals surface area contributed by atoms with E-state index in [1.807, 2.05) is 24.3 Å². The lowest BCUT2D eigenvalue weighted by Crippen LogP contribution is -2.01. The van der Waals surface area contributed by atoms with Crippen LogP contribution < -0.4 is 19.5 Å². The first-order chi connectivity index (χ1) is 17.1. The van der Waals surface area contributed by atoms with Crippen molar-refractivity contribution in [2.45, 2.75) is 0 Å². The summed E-state index contributed by atoms with van der Waals surface area (Å²) in [6.07, 6.45) is 0. The molecule has 0 atom stereocenters. The molecule has 35 heavy (non-hydrogen) atoms. The van der Waals surface area contributed by atoms with Gasteiger partial charge in [0.15, 0.2) is 11.5 Å². The molecule has 5 rings (SSSR count). The van der Waals surface area contributed by atoms with Gasteiger partial charge < -0.3 is 23.9 Å². The zero-order valence-electron chi connectivity index (χ0n) is 19.1. The minimum atomic E-state index is 0.189. The van der Waals surface area contributed by atoms with Crippen molar-refractivity contribution in [1.29, 1.82) is 0 Å². The van der Waals surface area contributed by atoms with Crippen LogP contribution in [0.1, 0.15) is 0 Å². The largest absolute Gasteiger partial charge is 0.493 e. The summed E-state index contributed by atoms with van der Waals surface area (Å²) in [4.78, 5) is 9.31. The Morgan fingerprint density at radius 2 is 1.49 bits per heavy atom. The number of para-hydroxylation sites is 1. The van der Waals surface area contributed by atoms with E-state index in [2.05, 4.69) is 25.5 Å². The standard InChI is InChI=1S/C25H20ClN5O4/c1-32-19-12-16(13-20(33-2)21(19)34-3)27-22-17-6-4-5-7-18(17)28-23(29-22)25-31-30-24(35-25)14-8-10-15(26)11-9-14/h4-13H,1-3H3,(H,27,28,29). The zero-order valence-corrected chi connectivity index (χ0v) is 19.8. The Morgan fingerprint density at radius 1 is 0.800 bits per heavy atom. The lowest BCUT2D eigenvalue weighted by Gasteiger charge is -2.15. The quantitative estimate of drug-likeness (QED) is 0.305. The molecule has 5 aromatic rings. The van der Waals surface area contributed by atoms with Gasteiger partial charge in [-0.1, -0.05) is 23.7 Å². The fourth-order valence-corrected chi connectivity index (χ4v) is 3.71. The molecular formula is C25H20ClN5O4. The van der Waals surface area contributed by atoms with Crippen LogP contribution in [0.3, 0.4) is 0 Å². The number of benzene rings is 3. The summed E-state index contributed by atoms with van der Waals surface area (Å²) in [5, 5.41) is 13.1. The maximum absolute atomic E-state index is 5.98. The number of halogens is 1. The van der Waals surface area contributed by atoms with E-state index < -0.39 is 0 Å². The Morgan fingerprint density at radius 3 is 2.17 bits per heavy atom. The minimum Gasteiger partial charge on any atom is -0.493 e. The molecule has 0 amide bonds. The van der Waals surface area contributed by atoms with Crippen molar-refractivity contribution in [3.8, 4) is 40.4 Å². The van der Waals surface area contributed by atoms with E-state index in [1.54, 1.807) is 57.7 Å². The van der Waals surface area contributed by atoms with E-state index >= 15 is 0 Å². The molecule has 0 unspecified atom stereocenters. The lowest BCUT2D eigenvalue weighted by atomic mass is 10.2. The number of fused-ring (bicyclic) bond motifs is 1. The number of hydrogen-bond donors (Lipinski definition) is 1. The lowest BCUT2D eigenvalue weighted by molar-refractivity contribution is 0.324. The second-order valence-electron chi connectivity index (χ2n) is 7.37. The number of rotatable bonds is 7. The topological polar surface area (TPSA) is 104 Å². The summed E-state index contributed by atoms with van der Waals surface area (Å²) in [6, 6.07) is 18.3. The molecule has 9 nitrogen and oxygen atoms in total. The first-order valence-electron chi connectivity index (χ1n) is 10.5. The van der Waals surface area contributed by atoms with Gasteiger partial charge in [-0.15, -0.1) is 10.2 Å². The Bertz CT molecular complexity index is 1480. The second kappa shape index (κ2) is 9.47. The molecule has 0 saturated carbocycles. The zero-order chi connectivity index (χ0) is 24.4. The molecule has 10 heteroatoms. The van der Waals surface area contributed by atoms with Crippen LogP contribution in [-0.2, 0) is 0 Å². The van der Waals surface area contributed by atoms with Crippen molar-refractivity contribution in [3.63, 3.8) is 0 Å². The number of methoxy groups -OCH3 is 3. The normalized spacial score (nSPS) is 10.9. The van der Waals surface area contributed by atoms with Crippen LogP contribution in [0.2, 0.25) is 5.02 Å². The van der Waals surface area contributed by atoms with Crippen LogP contribution in [0.25, 0.3) is 34.1 Å². The van der Waals surface area contributed by atoms with Gasteiger partial charge in [0.2, 0.25) is 17.5 Å². The molecule has 0 aliphatic rings. The summed E-state index contributed by atoms with van der Waals surface area (Å²) in [5.74, 6) is 2.88. The van der Waals surface area contributed by atoms with Crippen LogP contribution >= 0.6 is 11.6 Å². The number of hydrogen-bond acceptors (Lipinski definition) is 9. The molecule has 3 aromatic carbocycles. The van der Waals surface area contributed by atoms with Gasteiger partial charge in [-0.2, -0.15) is 0 Å². The molecule has 0 radical (unpaired) electrons. The summed E-state index contributed by atoms with van der Waals surface area (Å²) >= 11 is 5.98. The molecular weight excluding hydrogens is 470 g/mol. The summed E-state index contributed by atoms with van der Waals surface area (Å²) < 4.78 is 22.2. The van der Waals surface area contributed by atoms with Gasteiger partial charge in [0.05, 0.1) is 26.8 Å². The number of nitrogens with zero attached hydrogens (tertiary/aromatic N) is 4. The predicted molar refractivity (Wildman–Crippen MR) is 133 cm³/mol. The number of nitrogens with one attached hydrogen (secondary N) is 1. The van der Waals surface area contributed by atoms with Gasteiger partial charge in [0, 0.05) is 33.8 Å². The SMILES string of the molecule is COc1cc(Nc2nc(-c3nnc(-c4ccc(Cl)cc4)o3)nc3ccccc23)cc(OC)c1OC. The van der Waals surface area contributed by atoms with Gasteiger partial charge in [-0.05, 0) is 36.4 Å². The third-order valence-corrected chi connectivity index (χ3v) is 5.49. The predicted octanol–water partition coefficient (Wildman–Crippen LogP) is 5.77. The smallest absolute Gasteiger partial charge is 0.286 e. The second-order valence-corrected chi connectivity index (χ2v) is 7.81. The first kappa shape index (κ1) is 22.4. The number of anilines is 2. The number of aromatic nitrogens is 4. The maximum atomic E-state index is 5.98. The third-order valence-electron chi connectivity index (χ3n) is 5.24. The third kappa shape index (κ3) is 4.41. The first-order valence-corrected chi connectivity index (χ1v) is 10.9. The van der Waals surface area contributed by atoms with Crippen molar-refractivity contribution in [1.82, 2.24) is 20.2 Å². The molecule has 0 aliphatic carbocycles. The Balaban J connectivity index is 1.57. The van der Waals surface area contributed by atoms with Crippen LogP contribution in [0, 0.1) is 0 Å². The summed E-state index contributed by atoms with van der Waals surface area (Å²) in [7, 11) is 4.68. The Labute approximate surface area is 205 Å². The van der Waals surface area contributed by atoms with Gasteiger partial charge in [0.25, 0.3) is 5.89 Å². The van der Waals surface area contributed by atoms with Crippen LogP contribution in [0.4, 0.5) is 11.5 Å². The summed E-state index contributed by atoms with van der Waals surface area (Å²) in [6.45, 7) is 0. The van der Waals surface area contributed by atoms with Crippen molar-refractivity contribution in [2.24, 2.45) is 0 Å². The van der Waals surface area contributed by atoms with Crippen LogP contribution in [0.15, 0.2) is 65.1 Å². The number of ether oxygens (including phenoxy) is 3. The van der Waals surface area contributed by atoms with Crippen LogP contribution in [-0.4, -0.2) is 41.5 Å². The van der Waals surface area contributed by atoms with E-state index in [9.17, 15) is 0 Å². The molecule has 0 bridgehead atoms. The highest BCUT2D eigenvalue weighted by molar-refractivity contribution is 6.30. The van der Waals surface area contributed by atoms with E-state index in [4.69, 9.17) is 30.2 Å². The average Bonchev–Trinajstić information content (AvgIpc) is 3.39. The van der Waals surface area contributed by atoms with Crippen molar-refractivity contribution < 1.29 is 18.6 Å². The fourth-order valence-electron chi connectivity index (χ4n) is 3.58. The van der Waals surface area contributed by atoms with Gasteiger partial charge in [-0.25, -0.2) is 9.97 Å². The fraction of sp³-hybridized carbons (Fsp3) is 0.120. The molecule has 2 aromatic heterocycles. The summed E-state index contributed by atoms with van der Waals surface area (Å²) in [5.41, 5.74) is 2.13. The molecule has 0 saturated heterocycles. The van der Waals surface area contributed by atoms with Gasteiger partial charge >= 0.3 is 0 Å². The highest BCUT2D eigenvalue weighted by atomic mass is 35.5. The van der Waals surface area contributed by atoms with Gasteiger partial charge in [0.1, 0.15) is 5.82 Å². The molecule has 176 valence electrons. The van der Waals surface area contributed by atoms with E-state index in [1.165, 1.54) is 0 Å². The van der Waals surface area contributed by atoms with Crippen molar-refractivity contribution >= 4 is 34.0 Å². The van der Waals surface area contributed by atoms with Crippen molar-refractivity contribution in [2.75, 3.05) is 26.6 Å². The molecule has 1 N–H and O–H groups in total. The minimum absolute atomic E-state index is 0.189. The van der Waals surface area contributed by atoms with Crippen LogP contribution in [0.5, 0.6) is 17.2 Å². The van der Waals surface area contributed by atoms with E-state index in [0.29, 0.717) is 45.2 Å². The highest BCUT2D eigenvalue weighted by Crippen LogP contribution is 2.41. The monoisotopic (exact) mass is 489 g/mol. The molecule has 2 heterocycles. The molecule has 0 fully saturated rings. The van der Waals surface area contributed by atoms with Gasteiger partial charge in [-0.3, -0.25) is 0 Å². The van der Waals surface area contributed by atoms with E-state index in [0.717, 1.165) is 10.9 Å². The van der Waals surface area contributed by atoms with E-state index in [-0.39, 0.29) is 11.7 Å². The Kier molecular flexibility index (Phi) is 6.07. The average molecular weight is 490 g/mol. The molecule has 0 spiro atoms. The maximum Gasteiger partial charge on any atom is 0.286 e. The Hall–Kier alpha value is -4.37. The molecule has 0 aliphatic heterocycles. The van der Waals surface area contributed by atoms with Crippen molar-refractivity contribution in [3.05, 3.63) is 65.7 Å².